The number of fused-ring (bicyclic) bond motifs is 1. The van der Waals surface area contributed by atoms with E-state index in [0.29, 0.717) is 16.5 Å². The summed E-state index contributed by atoms with van der Waals surface area (Å²) in [4.78, 5) is 37.2. The van der Waals surface area contributed by atoms with Crippen molar-refractivity contribution in [1.82, 2.24) is 20.3 Å². The van der Waals surface area contributed by atoms with E-state index in [1.807, 2.05) is 0 Å². The first kappa shape index (κ1) is 19.2. The van der Waals surface area contributed by atoms with Gasteiger partial charge in [-0.05, 0) is 30.2 Å². The van der Waals surface area contributed by atoms with Gasteiger partial charge in [0.25, 0.3) is 11.5 Å². The summed E-state index contributed by atoms with van der Waals surface area (Å²) < 4.78 is 6.19. The molecule has 0 unspecified atom stereocenters. The van der Waals surface area contributed by atoms with Gasteiger partial charge in [-0.1, -0.05) is 49.4 Å². The number of carbonyl (C=O) groups excluding carboxylic acids is 2. The largest absolute Gasteiger partial charge is 0.441 e. The molecule has 144 valence electrons. The van der Waals surface area contributed by atoms with Crippen molar-refractivity contribution in [1.29, 1.82) is 0 Å². The first-order chi connectivity index (χ1) is 13.5. The average Bonchev–Trinajstić information content (AvgIpc) is 2.71. The van der Waals surface area contributed by atoms with Gasteiger partial charge in [0.05, 0.1) is 5.39 Å². The van der Waals surface area contributed by atoms with E-state index in [0.717, 1.165) is 4.68 Å². The summed E-state index contributed by atoms with van der Waals surface area (Å²) in [5.41, 5.74) is 0.496. The number of nitrogens with zero attached hydrogens (tertiary/aromatic N) is 3. The highest BCUT2D eigenvalue weighted by atomic mass is 16.5. The van der Waals surface area contributed by atoms with Crippen molar-refractivity contribution < 1.29 is 14.3 Å². The second-order valence-corrected chi connectivity index (χ2v) is 6.56. The van der Waals surface area contributed by atoms with Crippen molar-refractivity contribution >= 4 is 22.8 Å². The van der Waals surface area contributed by atoms with E-state index in [2.05, 4.69) is 15.6 Å². The zero-order chi connectivity index (χ0) is 20.1. The van der Waals surface area contributed by atoms with Crippen LogP contribution in [-0.2, 0) is 16.3 Å². The van der Waals surface area contributed by atoms with Crippen molar-refractivity contribution in [2.24, 2.45) is 5.92 Å². The van der Waals surface area contributed by atoms with Crippen LogP contribution in [0.5, 0.6) is 0 Å². The van der Waals surface area contributed by atoms with Crippen molar-refractivity contribution in [3.8, 4) is 0 Å². The molecule has 0 saturated heterocycles. The summed E-state index contributed by atoms with van der Waals surface area (Å²) in [5, 5.41) is 10.8. The smallest absolute Gasteiger partial charge is 0.330 e. The van der Waals surface area contributed by atoms with Gasteiger partial charge in [-0.15, -0.1) is 5.10 Å². The monoisotopic (exact) mass is 380 g/mol. The van der Waals surface area contributed by atoms with Crippen LogP contribution in [0.2, 0.25) is 0 Å². The van der Waals surface area contributed by atoms with Gasteiger partial charge in [0.1, 0.15) is 11.6 Å². The van der Waals surface area contributed by atoms with E-state index in [9.17, 15) is 14.4 Å². The molecule has 8 nitrogen and oxygen atoms in total. The summed E-state index contributed by atoms with van der Waals surface area (Å²) >= 11 is 0. The van der Waals surface area contributed by atoms with Crippen LogP contribution in [0.15, 0.2) is 59.4 Å². The third kappa shape index (κ3) is 4.22. The van der Waals surface area contributed by atoms with E-state index in [1.54, 1.807) is 68.4 Å². The summed E-state index contributed by atoms with van der Waals surface area (Å²) in [6.45, 7) is 3.19. The Kier molecular flexibility index (Phi) is 5.78. The molecule has 0 aliphatic rings. The first-order valence-corrected chi connectivity index (χ1v) is 8.82. The fraction of sp³-hybridized carbons (Fsp3) is 0.250. The molecule has 8 heteroatoms. The lowest BCUT2D eigenvalue weighted by molar-refractivity contribution is -0.151. The molecule has 28 heavy (non-hydrogen) atoms. The third-order valence-electron chi connectivity index (χ3n) is 4.20. The zero-order valence-corrected chi connectivity index (χ0v) is 15.5. The predicted molar refractivity (Wildman–Crippen MR) is 102 cm³/mol. The molecule has 0 fully saturated rings. The average molecular weight is 380 g/mol. The van der Waals surface area contributed by atoms with Gasteiger partial charge < -0.3 is 10.1 Å². The molecule has 0 spiro atoms. The number of hydrogen-bond donors (Lipinski definition) is 1. The Hall–Kier alpha value is -3.55. The zero-order valence-electron chi connectivity index (χ0n) is 15.5. The maximum absolute atomic E-state index is 12.5. The molecule has 0 saturated carbocycles. The van der Waals surface area contributed by atoms with Crippen molar-refractivity contribution in [3.63, 3.8) is 0 Å². The number of rotatable bonds is 6. The lowest BCUT2D eigenvalue weighted by Gasteiger charge is -2.21. The van der Waals surface area contributed by atoms with Crippen molar-refractivity contribution in [2.75, 3.05) is 0 Å². The van der Waals surface area contributed by atoms with Gasteiger partial charge in [0, 0.05) is 5.56 Å². The number of carbonyl (C=O) groups is 2. The molecule has 0 aliphatic carbocycles. The number of ether oxygens (including phenoxy) is 1. The van der Waals surface area contributed by atoms with Crippen LogP contribution >= 0.6 is 0 Å². The van der Waals surface area contributed by atoms with Crippen LogP contribution in [0.1, 0.15) is 24.2 Å². The molecule has 3 rings (SSSR count). The Labute approximate surface area is 161 Å². The maximum atomic E-state index is 12.5. The second kappa shape index (κ2) is 8.43. The maximum Gasteiger partial charge on any atom is 0.330 e. The van der Waals surface area contributed by atoms with Crippen LogP contribution in [0, 0.1) is 5.92 Å². The Morgan fingerprint density at radius 2 is 1.75 bits per heavy atom. The molecule has 0 radical (unpaired) electrons. The van der Waals surface area contributed by atoms with Gasteiger partial charge in [-0.3, -0.25) is 9.59 Å². The highest BCUT2D eigenvalue weighted by molar-refractivity contribution is 5.96. The van der Waals surface area contributed by atoms with Crippen LogP contribution in [0.4, 0.5) is 0 Å². The van der Waals surface area contributed by atoms with Gasteiger partial charge in [-0.25, -0.2) is 4.79 Å². The Morgan fingerprint density at radius 1 is 1.07 bits per heavy atom. The van der Waals surface area contributed by atoms with Crippen LogP contribution in [-0.4, -0.2) is 32.9 Å². The molecule has 1 amide bonds. The highest BCUT2D eigenvalue weighted by Crippen LogP contribution is 2.08. The fourth-order valence-corrected chi connectivity index (χ4v) is 2.63. The summed E-state index contributed by atoms with van der Waals surface area (Å²) in [7, 11) is 0. The van der Waals surface area contributed by atoms with Crippen LogP contribution in [0.3, 0.4) is 0 Å². The molecule has 1 heterocycles. The molecule has 1 aromatic heterocycles. The Morgan fingerprint density at radius 3 is 2.46 bits per heavy atom. The summed E-state index contributed by atoms with van der Waals surface area (Å²) in [6, 6.07) is 14.5. The lowest BCUT2D eigenvalue weighted by Crippen LogP contribution is -2.45. The summed E-state index contributed by atoms with van der Waals surface area (Å²) in [6.07, 6.45) is 0. The number of amides is 1. The van der Waals surface area contributed by atoms with Gasteiger partial charge in [0.2, 0.25) is 0 Å². The second-order valence-electron chi connectivity index (χ2n) is 6.56. The van der Waals surface area contributed by atoms with Crippen molar-refractivity contribution in [3.05, 3.63) is 70.5 Å². The first-order valence-electron chi connectivity index (χ1n) is 8.82. The van der Waals surface area contributed by atoms with Crippen LogP contribution < -0.4 is 10.9 Å². The van der Waals surface area contributed by atoms with E-state index < -0.39 is 17.6 Å². The third-order valence-corrected chi connectivity index (χ3v) is 4.20. The number of hydrogen-bond acceptors (Lipinski definition) is 6. The lowest BCUT2D eigenvalue weighted by atomic mass is 10.0. The SMILES string of the molecule is CC(C)[C@H](NC(=O)c1ccccc1)C(=O)OCn1nnc2ccccc2c1=O. The van der Waals surface area contributed by atoms with Crippen molar-refractivity contribution in [2.45, 2.75) is 26.6 Å². The standard InChI is InChI=1S/C20H20N4O4/c1-13(2)17(21-18(25)14-8-4-3-5-9-14)20(27)28-12-24-19(26)15-10-6-7-11-16(15)22-23-24/h3-11,13,17H,12H2,1-2H3,(H,21,25)/t17-/m0/s1. The number of nitrogens with one attached hydrogen (secondary N) is 1. The molecule has 1 atom stereocenters. The summed E-state index contributed by atoms with van der Waals surface area (Å²) in [5.74, 6) is -1.24. The van der Waals surface area contributed by atoms with Gasteiger partial charge >= 0.3 is 5.97 Å². The predicted octanol–water partition coefficient (Wildman–Crippen LogP) is 1.75. The van der Waals surface area contributed by atoms with E-state index in [4.69, 9.17) is 4.74 Å². The Balaban J connectivity index is 1.70. The minimum Gasteiger partial charge on any atom is -0.441 e. The van der Waals surface area contributed by atoms with Gasteiger partial charge in [0.15, 0.2) is 6.73 Å². The number of benzene rings is 2. The molecule has 2 aromatic carbocycles. The van der Waals surface area contributed by atoms with E-state index in [1.165, 1.54) is 0 Å². The minimum absolute atomic E-state index is 0.209. The quantitative estimate of drug-likeness (QED) is 0.654. The fourth-order valence-electron chi connectivity index (χ4n) is 2.63. The van der Waals surface area contributed by atoms with E-state index in [-0.39, 0.29) is 18.6 Å². The minimum atomic E-state index is -0.864. The topological polar surface area (TPSA) is 103 Å². The highest BCUT2D eigenvalue weighted by Gasteiger charge is 2.26. The van der Waals surface area contributed by atoms with Crippen LogP contribution in [0.25, 0.3) is 10.9 Å². The number of aromatic nitrogens is 3. The molecule has 1 N–H and O–H groups in total. The molecule has 0 bridgehead atoms. The normalized spacial score (nSPS) is 12.0. The van der Waals surface area contributed by atoms with E-state index >= 15 is 0 Å². The number of esters is 1. The van der Waals surface area contributed by atoms with Gasteiger partial charge in [-0.2, -0.15) is 4.68 Å². The Bertz CT molecular complexity index is 1050. The molecular formula is C20H20N4O4. The molecular weight excluding hydrogens is 360 g/mol. The molecule has 0 aliphatic heterocycles. The molecule has 3 aromatic rings.